The van der Waals surface area contributed by atoms with Crippen LogP contribution in [0.1, 0.15) is 23.7 Å². The maximum Gasteiger partial charge on any atom is 0.259 e. The summed E-state index contributed by atoms with van der Waals surface area (Å²) in [5, 5.41) is 12.0. The van der Waals surface area contributed by atoms with E-state index in [1.54, 1.807) is 24.3 Å². The Morgan fingerprint density at radius 3 is 2.81 bits per heavy atom. The van der Waals surface area contributed by atoms with Gasteiger partial charge in [0, 0.05) is 6.04 Å². The molecule has 0 aromatic heterocycles. The van der Waals surface area contributed by atoms with Crippen LogP contribution in [-0.4, -0.2) is 47.6 Å². The van der Waals surface area contributed by atoms with E-state index in [1.807, 2.05) is 11.8 Å². The number of halogens is 1. The average Bonchev–Trinajstić information content (AvgIpc) is 2.79. The van der Waals surface area contributed by atoms with Crippen LogP contribution in [0.15, 0.2) is 24.3 Å². The smallest absolute Gasteiger partial charge is 0.259 e. The predicted octanol–water partition coefficient (Wildman–Crippen LogP) is 1.30. The molecular formula is C15H19ClN2O3. The van der Waals surface area contributed by atoms with Gasteiger partial charge in [0.25, 0.3) is 5.91 Å². The number of nitrogens with one attached hydrogen (secondary N) is 1. The summed E-state index contributed by atoms with van der Waals surface area (Å²) in [4.78, 5) is 25.8. The Morgan fingerprint density at radius 2 is 2.14 bits per heavy atom. The lowest BCUT2D eigenvalue weighted by Gasteiger charge is -2.24. The third-order valence-corrected chi connectivity index (χ3v) is 4.23. The number of aliphatic hydroxyl groups is 1. The van der Waals surface area contributed by atoms with Crippen molar-refractivity contribution in [2.75, 3.05) is 19.7 Å². The second kappa shape index (κ2) is 7.02. The monoisotopic (exact) mass is 310 g/mol. The molecular weight excluding hydrogens is 292 g/mol. The molecule has 2 rings (SSSR count). The van der Waals surface area contributed by atoms with Gasteiger partial charge < -0.3 is 5.11 Å². The fourth-order valence-corrected chi connectivity index (χ4v) is 2.86. The first-order valence-corrected chi connectivity index (χ1v) is 7.34. The number of rotatable bonds is 4. The topological polar surface area (TPSA) is 69.6 Å². The summed E-state index contributed by atoms with van der Waals surface area (Å²) in [5.41, 5.74) is 0.279. The molecule has 0 saturated carbocycles. The van der Waals surface area contributed by atoms with Gasteiger partial charge in [-0.15, -0.1) is 0 Å². The van der Waals surface area contributed by atoms with E-state index in [0.717, 1.165) is 13.0 Å². The first-order valence-electron chi connectivity index (χ1n) is 6.96. The molecule has 0 bridgehead atoms. The van der Waals surface area contributed by atoms with Crippen LogP contribution in [-0.2, 0) is 4.79 Å². The van der Waals surface area contributed by atoms with Crippen LogP contribution < -0.4 is 5.32 Å². The molecule has 1 aliphatic heterocycles. The highest BCUT2D eigenvalue weighted by atomic mass is 35.5. The Hall–Kier alpha value is -1.43. The SMILES string of the molecule is CC1CCN(CC(=O)NC(=O)c2ccccc2Cl)C1CO. The molecule has 1 heterocycles. The van der Waals surface area contributed by atoms with E-state index in [4.69, 9.17) is 11.6 Å². The molecule has 0 radical (unpaired) electrons. The van der Waals surface area contributed by atoms with E-state index in [1.165, 1.54) is 0 Å². The maximum atomic E-state index is 12.0. The molecule has 2 unspecified atom stereocenters. The lowest BCUT2D eigenvalue weighted by atomic mass is 10.0. The van der Waals surface area contributed by atoms with Crippen molar-refractivity contribution in [3.05, 3.63) is 34.9 Å². The van der Waals surface area contributed by atoms with E-state index in [9.17, 15) is 14.7 Å². The fraction of sp³-hybridized carbons (Fsp3) is 0.467. The number of amides is 2. The van der Waals surface area contributed by atoms with Crippen LogP contribution in [0.25, 0.3) is 0 Å². The van der Waals surface area contributed by atoms with Gasteiger partial charge in [0.1, 0.15) is 0 Å². The Morgan fingerprint density at radius 1 is 1.43 bits per heavy atom. The molecule has 6 heteroatoms. The first kappa shape index (κ1) is 15.9. The zero-order valence-electron chi connectivity index (χ0n) is 11.9. The Kier molecular flexibility index (Phi) is 5.33. The minimum absolute atomic E-state index is 0.0207. The number of hydrogen-bond acceptors (Lipinski definition) is 4. The normalized spacial score (nSPS) is 22.2. The van der Waals surface area contributed by atoms with Crippen molar-refractivity contribution >= 4 is 23.4 Å². The third kappa shape index (κ3) is 3.81. The zero-order valence-corrected chi connectivity index (χ0v) is 12.6. The highest BCUT2D eigenvalue weighted by Gasteiger charge is 2.31. The minimum Gasteiger partial charge on any atom is -0.395 e. The van der Waals surface area contributed by atoms with E-state index < -0.39 is 5.91 Å². The van der Waals surface area contributed by atoms with Crippen LogP contribution in [0, 0.1) is 5.92 Å². The number of imide groups is 1. The Labute approximate surface area is 128 Å². The standard InChI is InChI=1S/C15H19ClN2O3/c1-10-6-7-18(13(10)9-19)8-14(20)17-15(21)11-4-2-3-5-12(11)16/h2-5,10,13,19H,6-9H2,1H3,(H,17,20,21). The van der Waals surface area contributed by atoms with Gasteiger partial charge in [0.2, 0.25) is 5.91 Å². The molecule has 1 aromatic rings. The molecule has 2 amide bonds. The zero-order chi connectivity index (χ0) is 15.4. The molecule has 0 aliphatic carbocycles. The molecule has 1 aromatic carbocycles. The number of hydrogen-bond donors (Lipinski definition) is 2. The lowest BCUT2D eigenvalue weighted by molar-refractivity contribution is -0.121. The van der Waals surface area contributed by atoms with E-state index in [-0.39, 0.29) is 30.7 Å². The molecule has 21 heavy (non-hydrogen) atoms. The molecule has 2 atom stereocenters. The number of nitrogens with zero attached hydrogens (tertiary/aromatic N) is 1. The largest absolute Gasteiger partial charge is 0.395 e. The van der Waals surface area contributed by atoms with Crippen LogP contribution in [0.5, 0.6) is 0 Å². The maximum absolute atomic E-state index is 12.0. The van der Waals surface area contributed by atoms with Gasteiger partial charge >= 0.3 is 0 Å². The fourth-order valence-electron chi connectivity index (χ4n) is 2.64. The molecule has 1 saturated heterocycles. The van der Waals surface area contributed by atoms with Crippen LogP contribution in [0.2, 0.25) is 5.02 Å². The van der Waals surface area contributed by atoms with Crippen molar-refractivity contribution < 1.29 is 14.7 Å². The van der Waals surface area contributed by atoms with Crippen molar-refractivity contribution in [1.82, 2.24) is 10.2 Å². The third-order valence-electron chi connectivity index (χ3n) is 3.90. The molecule has 0 spiro atoms. The molecule has 2 N–H and O–H groups in total. The van der Waals surface area contributed by atoms with Gasteiger partial charge in [0.05, 0.1) is 23.7 Å². The summed E-state index contributed by atoms with van der Waals surface area (Å²) >= 11 is 5.92. The van der Waals surface area contributed by atoms with Crippen LogP contribution in [0.3, 0.4) is 0 Å². The molecule has 1 aliphatic rings. The first-order chi connectivity index (χ1) is 10.0. The lowest BCUT2D eigenvalue weighted by Crippen LogP contribution is -2.44. The number of aliphatic hydroxyl groups excluding tert-OH is 1. The number of carbonyl (C=O) groups is 2. The Balaban J connectivity index is 1.93. The summed E-state index contributed by atoms with van der Waals surface area (Å²) in [5.74, 6) is -0.534. The van der Waals surface area contributed by atoms with Gasteiger partial charge in [-0.3, -0.25) is 19.8 Å². The summed E-state index contributed by atoms with van der Waals surface area (Å²) in [6.07, 6.45) is 0.941. The molecule has 114 valence electrons. The van der Waals surface area contributed by atoms with Crippen molar-refractivity contribution in [2.24, 2.45) is 5.92 Å². The Bertz CT molecular complexity index is 535. The van der Waals surface area contributed by atoms with Crippen molar-refractivity contribution in [3.63, 3.8) is 0 Å². The van der Waals surface area contributed by atoms with Gasteiger partial charge in [-0.2, -0.15) is 0 Å². The molecule has 5 nitrogen and oxygen atoms in total. The molecule has 1 fully saturated rings. The van der Waals surface area contributed by atoms with Crippen molar-refractivity contribution in [3.8, 4) is 0 Å². The van der Waals surface area contributed by atoms with E-state index >= 15 is 0 Å². The van der Waals surface area contributed by atoms with Crippen LogP contribution >= 0.6 is 11.6 Å². The van der Waals surface area contributed by atoms with Gasteiger partial charge in [-0.25, -0.2) is 0 Å². The number of likely N-dealkylation sites (tertiary alicyclic amines) is 1. The highest BCUT2D eigenvalue weighted by molar-refractivity contribution is 6.34. The second-order valence-electron chi connectivity index (χ2n) is 5.34. The highest BCUT2D eigenvalue weighted by Crippen LogP contribution is 2.22. The van der Waals surface area contributed by atoms with Crippen molar-refractivity contribution in [2.45, 2.75) is 19.4 Å². The van der Waals surface area contributed by atoms with Crippen molar-refractivity contribution in [1.29, 1.82) is 0 Å². The van der Waals surface area contributed by atoms with Gasteiger partial charge in [-0.1, -0.05) is 30.7 Å². The van der Waals surface area contributed by atoms with Crippen LogP contribution in [0.4, 0.5) is 0 Å². The number of benzene rings is 1. The van der Waals surface area contributed by atoms with E-state index in [2.05, 4.69) is 5.32 Å². The summed E-state index contributed by atoms with van der Waals surface area (Å²) in [6.45, 7) is 2.92. The minimum atomic E-state index is -0.501. The summed E-state index contributed by atoms with van der Waals surface area (Å²) in [7, 11) is 0. The van der Waals surface area contributed by atoms with Gasteiger partial charge in [-0.05, 0) is 31.0 Å². The summed E-state index contributed by atoms with van der Waals surface area (Å²) in [6, 6.07) is 6.56. The van der Waals surface area contributed by atoms with Gasteiger partial charge in [0.15, 0.2) is 0 Å². The quantitative estimate of drug-likeness (QED) is 0.879. The average molecular weight is 311 g/mol. The second-order valence-corrected chi connectivity index (χ2v) is 5.75. The summed E-state index contributed by atoms with van der Waals surface area (Å²) < 4.78 is 0. The number of carbonyl (C=O) groups excluding carboxylic acids is 2. The predicted molar refractivity (Wildman–Crippen MR) is 80.2 cm³/mol. The van der Waals surface area contributed by atoms with E-state index in [0.29, 0.717) is 10.9 Å².